The van der Waals surface area contributed by atoms with Gasteiger partial charge in [-0.25, -0.2) is 9.37 Å². The van der Waals surface area contributed by atoms with Crippen LogP contribution in [0.4, 0.5) is 15.9 Å². The second kappa shape index (κ2) is 17.0. The van der Waals surface area contributed by atoms with Crippen molar-refractivity contribution in [2.75, 3.05) is 10.6 Å². The van der Waals surface area contributed by atoms with Gasteiger partial charge >= 0.3 is 0 Å². The van der Waals surface area contributed by atoms with Crippen LogP contribution in [0.5, 0.6) is 0 Å². The van der Waals surface area contributed by atoms with Gasteiger partial charge in [0.1, 0.15) is 23.1 Å². The summed E-state index contributed by atoms with van der Waals surface area (Å²) in [4.78, 5) is 74.1. The molecule has 9 rings (SSSR count). The number of carbonyl (C=O) groups excluding carboxylic acids is 5. The predicted octanol–water partition coefficient (Wildman–Crippen LogP) is 8.36. The summed E-state index contributed by atoms with van der Waals surface area (Å²) in [6.07, 6.45) is 8.43. The molecule has 3 fully saturated rings. The Labute approximate surface area is 374 Å². The van der Waals surface area contributed by atoms with Crippen molar-refractivity contribution in [1.29, 1.82) is 0 Å². The van der Waals surface area contributed by atoms with E-state index in [-0.39, 0.29) is 46.3 Å². The van der Waals surface area contributed by atoms with Crippen molar-refractivity contribution in [2.45, 2.75) is 106 Å². The Morgan fingerprint density at radius 1 is 0.984 bits per heavy atom. The van der Waals surface area contributed by atoms with Gasteiger partial charge in [-0.3, -0.25) is 29.3 Å². The Hall–Kier alpha value is -5.87. The molecule has 4 aliphatic heterocycles. The molecule has 2 saturated heterocycles. The number of amides is 4. The van der Waals surface area contributed by atoms with Gasteiger partial charge in [-0.2, -0.15) is 0 Å². The smallest absolute Gasteiger partial charge is 0.255 e. The van der Waals surface area contributed by atoms with E-state index < -0.39 is 40.7 Å². The van der Waals surface area contributed by atoms with Crippen molar-refractivity contribution in [1.82, 2.24) is 20.5 Å². The Morgan fingerprint density at radius 2 is 1.79 bits per heavy atom. The van der Waals surface area contributed by atoms with Crippen LogP contribution in [0, 0.1) is 17.7 Å². The molecule has 3 aromatic carbocycles. The largest absolute Gasteiger partial charge is 0.329 e. The number of pyridine rings is 1. The number of hydrogen-bond donors (Lipinski definition) is 4. The first kappa shape index (κ1) is 42.4. The molecule has 0 bridgehead atoms. The average Bonchev–Trinajstić information content (AvgIpc) is 3.87. The van der Waals surface area contributed by atoms with E-state index in [0.717, 1.165) is 30.4 Å². The Morgan fingerprint density at radius 3 is 2.57 bits per heavy atom. The molecular weight excluding hydrogens is 842 g/mol. The molecule has 1 aliphatic carbocycles. The molecule has 5 aliphatic rings. The molecule has 322 valence electrons. The molecule has 0 radical (unpaired) electrons. The number of aromatic nitrogens is 1. The van der Waals surface area contributed by atoms with Crippen LogP contribution in [0.2, 0.25) is 10.0 Å². The van der Waals surface area contributed by atoms with Gasteiger partial charge in [0.15, 0.2) is 5.78 Å². The zero-order valence-corrected chi connectivity index (χ0v) is 35.9. The monoisotopic (exact) mass is 886 g/mol. The van der Waals surface area contributed by atoms with Gasteiger partial charge in [0, 0.05) is 70.1 Å². The van der Waals surface area contributed by atoms with Crippen molar-refractivity contribution in [3.8, 4) is 11.8 Å². The van der Waals surface area contributed by atoms with Crippen LogP contribution in [-0.2, 0) is 26.3 Å². The summed E-state index contributed by atoms with van der Waals surface area (Å²) in [5.74, 6) is 3.57. The third kappa shape index (κ3) is 7.40. The van der Waals surface area contributed by atoms with E-state index in [4.69, 9.17) is 23.2 Å². The van der Waals surface area contributed by atoms with Gasteiger partial charge in [0.2, 0.25) is 17.7 Å². The lowest BCUT2D eigenvalue weighted by Crippen LogP contribution is -2.60. The Kier molecular flexibility index (Phi) is 11.5. The first-order chi connectivity index (χ1) is 30.4. The van der Waals surface area contributed by atoms with Crippen LogP contribution >= 0.6 is 23.2 Å². The van der Waals surface area contributed by atoms with E-state index in [2.05, 4.69) is 44.7 Å². The lowest BCUT2D eigenvalue weighted by Gasteiger charge is -2.47. The SMILES string of the molecule is C=C1CCC(N2Cc3c(C#CCCCCC(=O)c4ccc(NC(=O)[C@@H]5NC6(CCCCC6)[C@@]6(C(=O)Nc7cc(Cl)ccc76)[C@H]5c5cccc(Cl)c5F)nc4)cccc3C2=O)C(=O)N1. The van der Waals surface area contributed by atoms with Crippen LogP contribution in [0.25, 0.3) is 0 Å². The van der Waals surface area contributed by atoms with E-state index in [1.54, 1.807) is 59.5 Å². The topological polar surface area (TPSA) is 150 Å². The number of benzene rings is 3. The number of allylic oxidation sites excluding steroid dienone is 1. The standard InChI is InChI=1S/C49H45Cl2FN6O5/c1-28-17-21-38(44(60)54-28)58-27-34-29(12-9-13-32(34)46(58)62)11-5-2-3-6-16-39(59)30-18-22-40(53-26-30)56-45(61)43-41(33-14-10-15-36(51)42(33)52)49(48(57-43)23-7-4-8-24-48)35-20-19-31(50)25-37(35)55-47(49)63/h9-10,12-15,18-20,22,25-26,38,41,43,57H,1-4,6-8,16-17,21,23-24,27H2,(H,54,60)(H,55,63)(H,53,56,61)/t38?,41-,43+,49+/m0/s1. The highest BCUT2D eigenvalue weighted by molar-refractivity contribution is 6.31. The number of nitrogens with zero attached hydrogens (tertiary/aromatic N) is 2. The molecular formula is C49H45Cl2FN6O5. The summed E-state index contributed by atoms with van der Waals surface area (Å²) >= 11 is 12.8. The number of hydrogen-bond acceptors (Lipinski definition) is 7. The highest BCUT2D eigenvalue weighted by Gasteiger charge is 2.72. The van der Waals surface area contributed by atoms with Crippen LogP contribution in [0.3, 0.4) is 0 Å². The number of unbranched alkanes of at least 4 members (excludes halogenated alkanes) is 2. The maximum atomic E-state index is 16.2. The first-order valence-electron chi connectivity index (χ1n) is 21.5. The maximum absolute atomic E-state index is 16.2. The summed E-state index contributed by atoms with van der Waals surface area (Å²) in [6.45, 7) is 4.15. The number of piperidine rings is 1. The zero-order chi connectivity index (χ0) is 44.0. The number of rotatable bonds is 9. The molecule has 63 heavy (non-hydrogen) atoms. The third-order valence-corrected chi connectivity index (χ3v) is 14.0. The second-order valence-electron chi connectivity index (χ2n) is 17.1. The zero-order valence-electron chi connectivity index (χ0n) is 34.4. The number of carbonyl (C=O) groups is 5. The summed E-state index contributed by atoms with van der Waals surface area (Å²) in [7, 11) is 0. The molecule has 1 aromatic heterocycles. The van der Waals surface area contributed by atoms with Gasteiger partial charge in [-0.05, 0) is 97.7 Å². The van der Waals surface area contributed by atoms with Crippen molar-refractivity contribution in [3.63, 3.8) is 0 Å². The fraction of sp³-hybridized carbons (Fsp3) is 0.347. The quantitative estimate of drug-likeness (QED) is 0.0750. The fourth-order valence-electron chi connectivity index (χ4n) is 10.6. The summed E-state index contributed by atoms with van der Waals surface area (Å²) in [5.41, 5.74) is 2.27. The molecule has 1 unspecified atom stereocenters. The van der Waals surface area contributed by atoms with Crippen molar-refractivity contribution < 1.29 is 28.4 Å². The molecule has 4 N–H and O–H groups in total. The lowest BCUT2D eigenvalue weighted by molar-refractivity contribution is -0.126. The van der Waals surface area contributed by atoms with Crippen LogP contribution in [0.1, 0.15) is 120 Å². The second-order valence-corrected chi connectivity index (χ2v) is 17.9. The van der Waals surface area contributed by atoms with Crippen molar-refractivity contribution in [3.05, 3.63) is 134 Å². The normalized spacial score (nSPS) is 23.2. The highest BCUT2D eigenvalue weighted by atomic mass is 35.5. The Bertz CT molecular complexity index is 2650. The predicted molar refractivity (Wildman–Crippen MR) is 238 cm³/mol. The van der Waals surface area contributed by atoms with E-state index in [0.29, 0.717) is 84.6 Å². The molecule has 4 amide bonds. The molecule has 4 aromatic rings. The van der Waals surface area contributed by atoms with E-state index in [9.17, 15) is 24.0 Å². The van der Waals surface area contributed by atoms with Gasteiger partial charge in [0.25, 0.3) is 5.91 Å². The van der Waals surface area contributed by atoms with E-state index >= 15 is 4.39 Å². The number of Topliss-reactive ketones (excluding diaryl/α,β-unsaturated/α-hetero) is 1. The van der Waals surface area contributed by atoms with Gasteiger partial charge in [-0.15, -0.1) is 0 Å². The van der Waals surface area contributed by atoms with E-state index in [1.807, 2.05) is 6.07 Å². The molecule has 14 heteroatoms. The van der Waals surface area contributed by atoms with Crippen LogP contribution < -0.4 is 21.3 Å². The van der Waals surface area contributed by atoms with Crippen LogP contribution in [-0.4, -0.2) is 56.9 Å². The summed E-state index contributed by atoms with van der Waals surface area (Å²) < 4.78 is 16.2. The number of anilines is 2. The Balaban J connectivity index is 0.860. The number of fused-ring (bicyclic) bond motifs is 4. The molecule has 1 saturated carbocycles. The van der Waals surface area contributed by atoms with Gasteiger partial charge in [0.05, 0.1) is 11.1 Å². The van der Waals surface area contributed by atoms with E-state index in [1.165, 1.54) is 12.3 Å². The number of ketones is 1. The highest BCUT2D eigenvalue weighted by Crippen LogP contribution is 2.63. The molecule has 11 nitrogen and oxygen atoms in total. The average molecular weight is 888 g/mol. The van der Waals surface area contributed by atoms with Crippen molar-refractivity contribution in [2.24, 2.45) is 0 Å². The lowest BCUT2D eigenvalue weighted by atomic mass is 9.55. The van der Waals surface area contributed by atoms with Gasteiger partial charge in [-0.1, -0.05) is 85.1 Å². The number of nitrogens with one attached hydrogen (secondary N) is 4. The molecule has 4 atom stereocenters. The van der Waals surface area contributed by atoms with Crippen molar-refractivity contribution >= 4 is 64.1 Å². The fourth-order valence-corrected chi connectivity index (χ4v) is 11.0. The summed E-state index contributed by atoms with van der Waals surface area (Å²) in [5, 5.41) is 12.6. The minimum Gasteiger partial charge on any atom is -0.329 e. The summed E-state index contributed by atoms with van der Waals surface area (Å²) in [6, 6.07) is 16.9. The van der Waals surface area contributed by atoms with Gasteiger partial charge < -0.3 is 20.9 Å². The minimum atomic E-state index is -1.37. The first-order valence-corrected chi connectivity index (χ1v) is 22.2. The number of halogens is 3. The maximum Gasteiger partial charge on any atom is 0.255 e. The minimum absolute atomic E-state index is 0.107. The molecule has 2 spiro atoms. The third-order valence-electron chi connectivity index (χ3n) is 13.5. The molecule has 5 heterocycles. The van der Waals surface area contributed by atoms with Crippen LogP contribution in [0.15, 0.2) is 85.2 Å².